The number of benzene rings is 1. The molecule has 0 spiro atoms. The largest absolute Gasteiger partial charge is 0.342 e. The zero-order valence-corrected chi connectivity index (χ0v) is 18.8. The number of amides is 1. The fourth-order valence-electron chi connectivity index (χ4n) is 5.35. The summed E-state index contributed by atoms with van der Waals surface area (Å²) in [5, 5.41) is 0. The summed E-state index contributed by atoms with van der Waals surface area (Å²) in [6.45, 7) is 7.65. The van der Waals surface area contributed by atoms with E-state index in [2.05, 4.69) is 58.2 Å². The summed E-state index contributed by atoms with van der Waals surface area (Å²) >= 11 is 0. The van der Waals surface area contributed by atoms with Gasteiger partial charge in [0.2, 0.25) is 5.91 Å². The van der Waals surface area contributed by atoms with Gasteiger partial charge in [-0.1, -0.05) is 36.4 Å². The van der Waals surface area contributed by atoms with Gasteiger partial charge in [0.15, 0.2) is 0 Å². The smallest absolute Gasteiger partial charge is 0.226 e. The third-order valence-corrected chi connectivity index (χ3v) is 7.36. The van der Waals surface area contributed by atoms with Crippen LogP contribution in [0.4, 0.5) is 0 Å². The Kier molecular flexibility index (Phi) is 7.62. The minimum atomic E-state index is 0.169. The number of hydrogen-bond donors (Lipinski definition) is 0. The molecule has 1 amide bonds. The lowest BCUT2D eigenvalue weighted by Gasteiger charge is -2.35. The number of rotatable bonds is 7. The quantitative estimate of drug-likeness (QED) is 0.644. The molecule has 1 aliphatic heterocycles. The zero-order chi connectivity index (χ0) is 20.8. The van der Waals surface area contributed by atoms with Gasteiger partial charge >= 0.3 is 0 Å². The van der Waals surface area contributed by atoms with Gasteiger partial charge in [-0.15, -0.1) is 0 Å². The molecule has 1 heterocycles. The lowest BCUT2D eigenvalue weighted by molar-refractivity contribution is -0.136. The summed E-state index contributed by atoms with van der Waals surface area (Å²) in [6, 6.07) is 8.70. The predicted molar refractivity (Wildman–Crippen MR) is 124 cm³/mol. The van der Waals surface area contributed by atoms with Gasteiger partial charge in [-0.25, -0.2) is 0 Å². The van der Waals surface area contributed by atoms with Crippen LogP contribution in [0.3, 0.4) is 0 Å². The average molecular weight is 410 g/mol. The van der Waals surface area contributed by atoms with Crippen molar-refractivity contribution >= 4 is 5.91 Å². The summed E-state index contributed by atoms with van der Waals surface area (Å²) in [4.78, 5) is 20.8. The third kappa shape index (κ3) is 5.73. The monoisotopic (exact) mass is 409 g/mol. The van der Waals surface area contributed by atoms with E-state index in [0.29, 0.717) is 11.8 Å². The molecule has 0 aromatic heterocycles. The summed E-state index contributed by atoms with van der Waals surface area (Å²) in [6.07, 6.45) is 12.2. The van der Waals surface area contributed by atoms with E-state index in [1.54, 1.807) is 0 Å². The second kappa shape index (κ2) is 10.6. The standard InChI is InChI=1S/C26H39N3O/c1-27-16-18-28(19-17-27)14-7-15-29(21-22-8-3-2-4-9-22)26(30)25-13-12-23-10-5-6-11-24(23)20-25/h2-3,5-6,10-11,22,25H,4,7-9,12-21H2,1H3/t22-,25-/m0/s1. The van der Waals surface area contributed by atoms with Gasteiger partial charge in [0.25, 0.3) is 0 Å². The first kappa shape index (κ1) is 21.6. The van der Waals surface area contributed by atoms with E-state index < -0.39 is 0 Å². The van der Waals surface area contributed by atoms with Crippen LogP contribution in [0.1, 0.15) is 43.2 Å². The van der Waals surface area contributed by atoms with E-state index in [9.17, 15) is 4.79 Å². The maximum Gasteiger partial charge on any atom is 0.226 e. The lowest BCUT2D eigenvalue weighted by Crippen LogP contribution is -2.46. The van der Waals surface area contributed by atoms with Gasteiger partial charge in [0, 0.05) is 45.2 Å². The van der Waals surface area contributed by atoms with Crippen LogP contribution >= 0.6 is 0 Å². The van der Waals surface area contributed by atoms with Crippen molar-refractivity contribution in [1.82, 2.24) is 14.7 Å². The molecule has 164 valence electrons. The fraction of sp³-hybridized carbons (Fsp3) is 0.654. The number of piperazine rings is 1. The van der Waals surface area contributed by atoms with Crippen LogP contribution in [0.5, 0.6) is 0 Å². The number of carbonyl (C=O) groups excluding carboxylic acids is 1. The molecule has 3 aliphatic rings. The van der Waals surface area contributed by atoms with Gasteiger partial charge in [-0.05, 0) is 75.6 Å². The molecule has 0 bridgehead atoms. The van der Waals surface area contributed by atoms with E-state index in [1.165, 1.54) is 37.1 Å². The molecule has 1 aromatic carbocycles. The van der Waals surface area contributed by atoms with Crippen LogP contribution in [0.15, 0.2) is 36.4 Å². The first-order valence-corrected chi connectivity index (χ1v) is 12.1. The molecule has 2 aliphatic carbocycles. The zero-order valence-electron chi connectivity index (χ0n) is 18.8. The van der Waals surface area contributed by atoms with E-state index in [-0.39, 0.29) is 5.92 Å². The molecule has 1 aromatic rings. The lowest BCUT2D eigenvalue weighted by atomic mass is 9.83. The maximum absolute atomic E-state index is 13.6. The topological polar surface area (TPSA) is 26.8 Å². The first-order chi connectivity index (χ1) is 14.7. The molecule has 4 nitrogen and oxygen atoms in total. The van der Waals surface area contributed by atoms with Gasteiger partial charge in [0.05, 0.1) is 0 Å². The first-order valence-electron chi connectivity index (χ1n) is 12.1. The van der Waals surface area contributed by atoms with Gasteiger partial charge in [0.1, 0.15) is 0 Å². The highest BCUT2D eigenvalue weighted by molar-refractivity contribution is 5.79. The molecule has 1 fully saturated rings. The molecular weight excluding hydrogens is 370 g/mol. The molecule has 0 N–H and O–H groups in total. The SMILES string of the molecule is CN1CCN(CCCN(C[C@H]2CC=CCC2)C(=O)[C@H]2CCc3ccccc3C2)CC1. The molecule has 2 atom stereocenters. The maximum atomic E-state index is 13.6. The van der Waals surface area contributed by atoms with Crippen LogP contribution in [0.25, 0.3) is 0 Å². The molecule has 0 saturated carbocycles. The molecule has 0 radical (unpaired) electrons. The summed E-state index contributed by atoms with van der Waals surface area (Å²) in [5.74, 6) is 1.22. The Morgan fingerprint density at radius 2 is 1.87 bits per heavy atom. The highest BCUT2D eigenvalue weighted by atomic mass is 16.2. The van der Waals surface area contributed by atoms with Crippen molar-refractivity contribution in [3.05, 3.63) is 47.5 Å². The van der Waals surface area contributed by atoms with Gasteiger partial charge in [-0.3, -0.25) is 4.79 Å². The minimum absolute atomic E-state index is 0.169. The fourth-order valence-corrected chi connectivity index (χ4v) is 5.35. The van der Waals surface area contributed by atoms with Crippen molar-refractivity contribution in [1.29, 1.82) is 0 Å². The van der Waals surface area contributed by atoms with Gasteiger partial charge < -0.3 is 14.7 Å². The normalized spacial score (nSPS) is 25.1. The highest BCUT2D eigenvalue weighted by Gasteiger charge is 2.29. The molecule has 30 heavy (non-hydrogen) atoms. The Hall–Kier alpha value is -1.65. The molecular formula is C26H39N3O. The molecule has 4 heteroatoms. The van der Waals surface area contributed by atoms with Crippen LogP contribution in [0.2, 0.25) is 0 Å². The average Bonchev–Trinajstić information content (AvgIpc) is 2.79. The summed E-state index contributed by atoms with van der Waals surface area (Å²) in [5.41, 5.74) is 2.83. The number of aryl methyl sites for hydroxylation is 1. The number of carbonyl (C=O) groups is 1. The van der Waals surface area contributed by atoms with Crippen LogP contribution in [-0.4, -0.2) is 73.5 Å². The van der Waals surface area contributed by atoms with Crippen molar-refractivity contribution in [2.24, 2.45) is 11.8 Å². The van der Waals surface area contributed by atoms with E-state index >= 15 is 0 Å². The van der Waals surface area contributed by atoms with Gasteiger partial charge in [-0.2, -0.15) is 0 Å². The van der Waals surface area contributed by atoms with Crippen molar-refractivity contribution in [2.45, 2.75) is 44.9 Å². The number of nitrogens with zero attached hydrogens (tertiary/aromatic N) is 3. The number of likely N-dealkylation sites (N-methyl/N-ethyl adjacent to an activating group) is 1. The van der Waals surface area contributed by atoms with E-state index in [0.717, 1.165) is 64.8 Å². The second-order valence-corrected chi connectivity index (χ2v) is 9.64. The van der Waals surface area contributed by atoms with Crippen molar-refractivity contribution in [3.63, 3.8) is 0 Å². The van der Waals surface area contributed by atoms with Crippen LogP contribution < -0.4 is 0 Å². The predicted octanol–water partition coefficient (Wildman–Crippen LogP) is 3.61. The van der Waals surface area contributed by atoms with Crippen LogP contribution in [0, 0.1) is 11.8 Å². The summed E-state index contributed by atoms with van der Waals surface area (Å²) in [7, 11) is 2.21. The number of allylic oxidation sites excluding steroid dienone is 2. The number of fused-ring (bicyclic) bond motifs is 1. The van der Waals surface area contributed by atoms with Crippen molar-refractivity contribution in [3.8, 4) is 0 Å². The molecule has 4 rings (SSSR count). The van der Waals surface area contributed by atoms with Crippen molar-refractivity contribution in [2.75, 3.05) is 52.9 Å². The van der Waals surface area contributed by atoms with E-state index in [4.69, 9.17) is 0 Å². The Labute approximate surface area is 182 Å². The van der Waals surface area contributed by atoms with Crippen molar-refractivity contribution < 1.29 is 4.79 Å². The van der Waals surface area contributed by atoms with E-state index in [1.807, 2.05) is 0 Å². The second-order valence-electron chi connectivity index (χ2n) is 9.64. The third-order valence-electron chi connectivity index (χ3n) is 7.36. The molecule has 1 saturated heterocycles. The highest BCUT2D eigenvalue weighted by Crippen LogP contribution is 2.28. The Balaban J connectivity index is 1.35. The summed E-state index contributed by atoms with van der Waals surface area (Å²) < 4.78 is 0. The Morgan fingerprint density at radius 1 is 1.07 bits per heavy atom. The van der Waals surface area contributed by atoms with Crippen LogP contribution in [-0.2, 0) is 17.6 Å². The molecule has 0 unspecified atom stereocenters. The Bertz CT molecular complexity index is 723. The number of hydrogen-bond acceptors (Lipinski definition) is 3. The Morgan fingerprint density at radius 3 is 2.63 bits per heavy atom. The minimum Gasteiger partial charge on any atom is -0.342 e.